The molecule has 0 spiro atoms. The van der Waals surface area contributed by atoms with Gasteiger partial charge in [-0.05, 0) is 102 Å². The van der Waals surface area contributed by atoms with Crippen LogP contribution in [0.2, 0.25) is 0 Å². The SMILES string of the molecule is Cc1cc(Cc2cc(C)c(O)c(Cc3ccc(O)cc3O)c2C)c(O)c(Cc2cc(C)c(O)c(Cc3ccc(O)cc3O)c2C)c1. The molecule has 7 N–H and O–H groups in total. The summed E-state index contributed by atoms with van der Waals surface area (Å²) in [6.45, 7) is 9.47. The highest BCUT2D eigenvalue weighted by Crippen LogP contribution is 2.38. The third-order valence-corrected chi connectivity index (χ3v) is 9.02. The fourth-order valence-electron chi connectivity index (χ4n) is 6.29. The number of hydrogen-bond donors (Lipinski definition) is 7. The number of aromatic hydroxyl groups is 7. The highest BCUT2D eigenvalue weighted by molar-refractivity contribution is 5.57. The van der Waals surface area contributed by atoms with Crippen molar-refractivity contribution in [3.63, 3.8) is 0 Å². The van der Waals surface area contributed by atoms with E-state index in [2.05, 4.69) is 0 Å². The van der Waals surface area contributed by atoms with E-state index in [0.717, 1.165) is 38.9 Å². The van der Waals surface area contributed by atoms with Crippen molar-refractivity contribution in [2.24, 2.45) is 0 Å². The first-order valence-electron chi connectivity index (χ1n) is 15.2. The molecular weight excluding hydrogens is 580 g/mol. The van der Waals surface area contributed by atoms with Gasteiger partial charge in [-0.1, -0.05) is 42.0 Å². The Hall–Kier alpha value is -5.30. The lowest BCUT2D eigenvalue weighted by Crippen LogP contribution is -2.04. The van der Waals surface area contributed by atoms with Crippen LogP contribution in [0.4, 0.5) is 0 Å². The first kappa shape index (κ1) is 32.1. The fourth-order valence-corrected chi connectivity index (χ4v) is 6.29. The van der Waals surface area contributed by atoms with E-state index in [-0.39, 0.29) is 53.1 Å². The Morgan fingerprint density at radius 2 is 0.783 bits per heavy atom. The molecule has 7 nitrogen and oxygen atoms in total. The quantitative estimate of drug-likeness (QED) is 0.0951. The van der Waals surface area contributed by atoms with Crippen molar-refractivity contribution in [1.29, 1.82) is 0 Å². The lowest BCUT2D eigenvalue weighted by Gasteiger charge is -2.19. The number of phenolic OH excluding ortho intramolecular Hbond substituents is 7. The van der Waals surface area contributed by atoms with Crippen LogP contribution < -0.4 is 0 Å². The molecule has 0 saturated carbocycles. The van der Waals surface area contributed by atoms with Gasteiger partial charge in [-0.15, -0.1) is 0 Å². The smallest absolute Gasteiger partial charge is 0.122 e. The molecule has 0 unspecified atom stereocenters. The van der Waals surface area contributed by atoms with Crippen LogP contribution in [0.25, 0.3) is 0 Å². The summed E-state index contributed by atoms with van der Waals surface area (Å²) in [5.41, 5.74) is 9.90. The highest BCUT2D eigenvalue weighted by atomic mass is 16.3. The Morgan fingerprint density at radius 3 is 1.15 bits per heavy atom. The molecule has 0 aliphatic carbocycles. The summed E-state index contributed by atoms with van der Waals surface area (Å²) < 4.78 is 0. The zero-order chi connectivity index (χ0) is 33.4. The van der Waals surface area contributed by atoms with E-state index in [0.29, 0.717) is 46.2 Å². The summed E-state index contributed by atoms with van der Waals surface area (Å²) >= 11 is 0. The Bertz CT molecular complexity index is 1840. The zero-order valence-electron chi connectivity index (χ0n) is 26.7. The number of hydrogen-bond acceptors (Lipinski definition) is 7. The summed E-state index contributed by atoms with van der Waals surface area (Å²) in [6.07, 6.45) is 1.38. The van der Waals surface area contributed by atoms with Gasteiger partial charge in [-0.25, -0.2) is 0 Å². The fraction of sp³-hybridized carbons (Fsp3) is 0.231. The summed E-state index contributed by atoms with van der Waals surface area (Å²) in [4.78, 5) is 0. The van der Waals surface area contributed by atoms with E-state index in [1.807, 2.05) is 58.9 Å². The Morgan fingerprint density at radius 1 is 0.391 bits per heavy atom. The minimum absolute atomic E-state index is 0.0385. The highest BCUT2D eigenvalue weighted by Gasteiger charge is 2.20. The minimum Gasteiger partial charge on any atom is -0.508 e. The average Bonchev–Trinajstić information content (AvgIpc) is 2.99. The van der Waals surface area contributed by atoms with Crippen LogP contribution in [0.3, 0.4) is 0 Å². The summed E-state index contributed by atoms with van der Waals surface area (Å²) in [7, 11) is 0. The topological polar surface area (TPSA) is 142 Å². The monoisotopic (exact) mass is 620 g/mol. The molecule has 0 atom stereocenters. The van der Waals surface area contributed by atoms with E-state index < -0.39 is 0 Å². The second kappa shape index (κ2) is 12.6. The molecule has 7 heteroatoms. The molecule has 0 heterocycles. The van der Waals surface area contributed by atoms with E-state index in [9.17, 15) is 35.7 Å². The second-order valence-corrected chi connectivity index (χ2v) is 12.4. The molecule has 0 aliphatic rings. The van der Waals surface area contributed by atoms with Crippen molar-refractivity contribution >= 4 is 0 Å². The number of phenols is 7. The van der Waals surface area contributed by atoms with Crippen molar-refractivity contribution in [2.75, 3.05) is 0 Å². The Kier molecular flexibility index (Phi) is 8.79. The zero-order valence-corrected chi connectivity index (χ0v) is 26.7. The van der Waals surface area contributed by atoms with Crippen molar-refractivity contribution < 1.29 is 35.7 Å². The van der Waals surface area contributed by atoms with Gasteiger partial charge >= 0.3 is 0 Å². The molecule has 5 aromatic carbocycles. The number of rotatable bonds is 8. The average molecular weight is 621 g/mol. The van der Waals surface area contributed by atoms with Gasteiger partial charge in [0, 0.05) is 48.9 Å². The normalized spacial score (nSPS) is 11.2. The summed E-state index contributed by atoms with van der Waals surface area (Å²) in [6, 6.07) is 16.6. The molecule has 0 saturated heterocycles. The molecule has 0 aromatic heterocycles. The lowest BCUT2D eigenvalue weighted by molar-refractivity contribution is 0.444. The molecule has 238 valence electrons. The number of aryl methyl sites for hydroxylation is 3. The van der Waals surface area contributed by atoms with E-state index in [1.54, 1.807) is 12.1 Å². The molecule has 0 bridgehead atoms. The first-order chi connectivity index (χ1) is 21.7. The van der Waals surface area contributed by atoms with Crippen LogP contribution in [-0.2, 0) is 25.7 Å². The van der Waals surface area contributed by atoms with Crippen LogP contribution >= 0.6 is 0 Å². The van der Waals surface area contributed by atoms with Gasteiger partial charge in [0.1, 0.15) is 40.2 Å². The predicted octanol–water partition coefficient (Wildman–Crippen LogP) is 7.53. The largest absolute Gasteiger partial charge is 0.508 e. The molecule has 0 radical (unpaired) electrons. The van der Waals surface area contributed by atoms with Crippen molar-refractivity contribution in [1.82, 2.24) is 0 Å². The Labute approximate surface area is 269 Å². The van der Waals surface area contributed by atoms with Gasteiger partial charge in [0.05, 0.1) is 0 Å². The van der Waals surface area contributed by atoms with E-state index >= 15 is 0 Å². The minimum atomic E-state index is -0.0504. The second-order valence-electron chi connectivity index (χ2n) is 12.4. The predicted molar refractivity (Wildman–Crippen MR) is 179 cm³/mol. The van der Waals surface area contributed by atoms with Crippen molar-refractivity contribution in [2.45, 2.75) is 60.3 Å². The van der Waals surface area contributed by atoms with Gasteiger partial charge < -0.3 is 35.7 Å². The standard InChI is InChI=1S/C39H40O7/c1-20-10-29(14-27-12-21(2)37(44)33(23(27)4)16-25-6-8-31(40)18-35(25)42)39(46)30(11-20)15-28-13-22(3)38(45)34(24(28)5)17-26-7-9-32(41)19-36(26)43/h6-13,18-19,40-46H,14-17H2,1-5H3. The van der Waals surface area contributed by atoms with Crippen molar-refractivity contribution in [3.8, 4) is 40.2 Å². The molecule has 5 aromatic rings. The third-order valence-electron chi connectivity index (χ3n) is 9.02. The summed E-state index contributed by atoms with van der Waals surface area (Å²) in [5, 5.41) is 73.7. The molecular formula is C39H40O7. The molecule has 5 rings (SSSR count). The van der Waals surface area contributed by atoms with Gasteiger partial charge in [0.15, 0.2) is 0 Å². The maximum atomic E-state index is 11.6. The lowest BCUT2D eigenvalue weighted by atomic mass is 9.87. The van der Waals surface area contributed by atoms with E-state index in [1.165, 1.54) is 24.3 Å². The molecule has 0 amide bonds. The molecule has 0 fully saturated rings. The van der Waals surface area contributed by atoms with Crippen LogP contribution in [0.5, 0.6) is 40.2 Å². The third kappa shape index (κ3) is 6.40. The van der Waals surface area contributed by atoms with Crippen LogP contribution in [0.15, 0.2) is 60.7 Å². The van der Waals surface area contributed by atoms with Gasteiger partial charge in [0.25, 0.3) is 0 Å². The first-order valence-corrected chi connectivity index (χ1v) is 15.2. The maximum absolute atomic E-state index is 11.6. The molecule has 46 heavy (non-hydrogen) atoms. The van der Waals surface area contributed by atoms with E-state index in [4.69, 9.17) is 0 Å². The van der Waals surface area contributed by atoms with Gasteiger partial charge in [-0.3, -0.25) is 0 Å². The van der Waals surface area contributed by atoms with Crippen LogP contribution in [-0.4, -0.2) is 35.7 Å². The Balaban J connectivity index is 1.49. The van der Waals surface area contributed by atoms with Crippen LogP contribution in [0, 0.1) is 34.6 Å². The maximum Gasteiger partial charge on any atom is 0.122 e. The summed E-state index contributed by atoms with van der Waals surface area (Å²) in [5.74, 6) is 0.300. The van der Waals surface area contributed by atoms with Gasteiger partial charge in [0.2, 0.25) is 0 Å². The number of benzene rings is 5. The van der Waals surface area contributed by atoms with Crippen LogP contribution in [0.1, 0.15) is 72.3 Å². The van der Waals surface area contributed by atoms with Gasteiger partial charge in [-0.2, -0.15) is 0 Å². The van der Waals surface area contributed by atoms with Crippen molar-refractivity contribution in [3.05, 3.63) is 133 Å². The molecule has 0 aliphatic heterocycles.